The second-order valence-corrected chi connectivity index (χ2v) is 5.02. The van der Waals surface area contributed by atoms with E-state index in [-0.39, 0.29) is 0 Å². The van der Waals surface area contributed by atoms with Gasteiger partial charge in [-0.15, -0.1) is 0 Å². The number of nitrogens with zero attached hydrogens (tertiary/aromatic N) is 1. The maximum absolute atomic E-state index is 9.74. The van der Waals surface area contributed by atoms with Crippen molar-refractivity contribution in [1.29, 1.82) is 0 Å². The number of benzene rings is 1. The molecule has 0 aromatic heterocycles. The molecule has 1 heterocycles. The molecule has 4 nitrogen and oxygen atoms in total. The first-order chi connectivity index (χ1) is 9.16. The smallest absolute Gasteiger partial charge is 0.125 e. The minimum atomic E-state index is -0.501. The van der Waals surface area contributed by atoms with Crippen LogP contribution < -0.4 is 4.74 Å². The molecule has 2 rings (SSSR count). The minimum Gasteiger partial charge on any atom is -0.492 e. The molecule has 0 saturated carbocycles. The Hall–Kier alpha value is -1.10. The number of hydrogen-bond acceptors (Lipinski definition) is 4. The van der Waals surface area contributed by atoms with Gasteiger partial charge in [-0.2, -0.15) is 0 Å². The molecular weight excluding hydrogens is 242 g/mol. The number of rotatable bonds is 5. The first-order valence-corrected chi connectivity index (χ1v) is 6.88. The van der Waals surface area contributed by atoms with Crippen molar-refractivity contribution in [2.45, 2.75) is 20.0 Å². The third-order valence-corrected chi connectivity index (χ3v) is 3.39. The van der Waals surface area contributed by atoms with Crippen LogP contribution in [0.2, 0.25) is 0 Å². The molecule has 4 heteroatoms. The van der Waals surface area contributed by atoms with Gasteiger partial charge in [-0.25, -0.2) is 0 Å². The van der Waals surface area contributed by atoms with Crippen LogP contribution in [0.25, 0.3) is 0 Å². The number of hydrogen-bond donors (Lipinski definition) is 1. The zero-order valence-electron chi connectivity index (χ0n) is 11.8. The largest absolute Gasteiger partial charge is 0.492 e. The Labute approximate surface area is 114 Å². The first-order valence-electron chi connectivity index (χ1n) is 6.88. The Morgan fingerprint density at radius 3 is 2.79 bits per heavy atom. The second-order valence-electron chi connectivity index (χ2n) is 5.02. The summed E-state index contributed by atoms with van der Waals surface area (Å²) in [5.74, 6) is 0.795. The van der Waals surface area contributed by atoms with Crippen molar-refractivity contribution < 1.29 is 14.6 Å². The Balaban J connectivity index is 1.89. The van der Waals surface area contributed by atoms with E-state index in [1.165, 1.54) is 0 Å². The molecule has 0 bridgehead atoms. The van der Waals surface area contributed by atoms with Crippen molar-refractivity contribution in [3.05, 3.63) is 29.3 Å². The quantitative estimate of drug-likeness (QED) is 0.881. The molecule has 1 aliphatic rings. The summed E-state index contributed by atoms with van der Waals surface area (Å²) in [4.78, 5) is 2.33. The molecular formula is C15H23NO3. The summed E-state index contributed by atoms with van der Waals surface area (Å²) >= 11 is 0. The lowest BCUT2D eigenvalue weighted by Gasteiger charge is -2.26. The van der Waals surface area contributed by atoms with Gasteiger partial charge in [0.15, 0.2) is 0 Å². The summed E-state index contributed by atoms with van der Waals surface area (Å²) in [5, 5.41) is 9.74. The molecule has 1 unspecified atom stereocenters. The fraction of sp³-hybridized carbons (Fsp3) is 0.600. The van der Waals surface area contributed by atoms with E-state index in [4.69, 9.17) is 9.47 Å². The van der Waals surface area contributed by atoms with Crippen LogP contribution in [0.5, 0.6) is 5.75 Å². The molecule has 106 valence electrons. The van der Waals surface area contributed by atoms with Gasteiger partial charge in [0.1, 0.15) is 12.4 Å². The monoisotopic (exact) mass is 265 g/mol. The highest BCUT2D eigenvalue weighted by molar-refractivity contribution is 5.38. The van der Waals surface area contributed by atoms with Gasteiger partial charge in [0, 0.05) is 25.2 Å². The molecule has 1 aliphatic heterocycles. The standard InChI is InChI=1S/C15H23NO3/c1-12-3-4-14(13(2)17)15(11-12)19-10-7-16-5-8-18-9-6-16/h3-4,11,13,17H,5-10H2,1-2H3. The Bertz CT molecular complexity index is 400. The van der Waals surface area contributed by atoms with Crippen molar-refractivity contribution in [1.82, 2.24) is 4.90 Å². The highest BCUT2D eigenvalue weighted by atomic mass is 16.5. The summed E-state index contributed by atoms with van der Waals surface area (Å²) < 4.78 is 11.2. The number of aryl methyl sites for hydroxylation is 1. The normalized spacial score (nSPS) is 18.3. The van der Waals surface area contributed by atoms with Gasteiger partial charge in [-0.1, -0.05) is 12.1 Å². The van der Waals surface area contributed by atoms with Crippen LogP contribution >= 0.6 is 0 Å². The van der Waals surface area contributed by atoms with Crippen LogP contribution in [0.15, 0.2) is 18.2 Å². The summed E-state index contributed by atoms with van der Waals surface area (Å²) in [6.45, 7) is 8.90. The van der Waals surface area contributed by atoms with Gasteiger partial charge in [0.2, 0.25) is 0 Å². The number of morpholine rings is 1. The lowest BCUT2D eigenvalue weighted by atomic mass is 10.1. The van der Waals surface area contributed by atoms with Crippen molar-refractivity contribution in [2.24, 2.45) is 0 Å². The number of ether oxygens (including phenoxy) is 2. The molecule has 1 N–H and O–H groups in total. The predicted octanol–water partition coefficient (Wildman–Crippen LogP) is 1.76. The van der Waals surface area contributed by atoms with Gasteiger partial charge in [-0.05, 0) is 25.5 Å². The molecule has 0 radical (unpaired) electrons. The Morgan fingerprint density at radius 1 is 1.37 bits per heavy atom. The molecule has 0 spiro atoms. The zero-order valence-corrected chi connectivity index (χ0v) is 11.8. The van der Waals surface area contributed by atoms with Crippen LogP contribution in [-0.4, -0.2) is 49.5 Å². The predicted molar refractivity (Wildman–Crippen MR) is 74.6 cm³/mol. The van der Waals surface area contributed by atoms with E-state index in [9.17, 15) is 5.11 Å². The fourth-order valence-electron chi connectivity index (χ4n) is 2.22. The van der Waals surface area contributed by atoms with Crippen molar-refractivity contribution >= 4 is 0 Å². The van der Waals surface area contributed by atoms with Crippen LogP contribution in [0.4, 0.5) is 0 Å². The minimum absolute atomic E-state index is 0.501. The Morgan fingerprint density at radius 2 is 2.11 bits per heavy atom. The molecule has 19 heavy (non-hydrogen) atoms. The number of aliphatic hydroxyl groups excluding tert-OH is 1. The zero-order chi connectivity index (χ0) is 13.7. The van der Waals surface area contributed by atoms with Gasteiger partial charge in [-0.3, -0.25) is 4.90 Å². The van der Waals surface area contributed by atoms with E-state index in [1.807, 2.05) is 25.1 Å². The van der Waals surface area contributed by atoms with Gasteiger partial charge in [0.25, 0.3) is 0 Å². The molecule has 1 aromatic carbocycles. The lowest BCUT2D eigenvalue weighted by Crippen LogP contribution is -2.38. The fourth-order valence-corrected chi connectivity index (χ4v) is 2.22. The van der Waals surface area contributed by atoms with E-state index in [0.717, 1.165) is 49.7 Å². The van der Waals surface area contributed by atoms with Crippen LogP contribution in [-0.2, 0) is 4.74 Å². The highest BCUT2D eigenvalue weighted by Crippen LogP contribution is 2.26. The SMILES string of the molecule is Cc1ccc(C(C)O)c(OCCN2CCOCC2)c1. The molecule has 1 atom stereocenters. The van der Waals surface area contributed by atoms with Crippen LogP contribution in [0.3, 0.4) is 0 Å². The second kappa shape index (κ2) is 6.89. The molecule has 1 saturated heterocycles. The molecule has 0 aliphatic carbocycles. The topological polar surface area (TPSA) is 41.9 Å². The van der Waals surface area contributed by atoms with Gasteiger partial charge in [0.05, 0.1) is 19.3 Å². The van der Waals surface area contributed by atoms with E-state index in [0.29, 0.717) is 6.61 Å². The maximum Gasteiger partial charge on any atom is 0.125 e. The summed E-state index contributed by atoms with van der Waals surface area (Å²) in [5.41, 5.74) is 2.00. The van der Waals surface area contributed by atoms with Crippen molar-refractivity contribution in [3.63, 3.8) is 0 Å². The highest BCUT2D eigenvalue weighted by Gasteiger charge is 2.12. The first kappa shape index (κ1) is 14.3. The van der Waals surface area contributed by atoms with Gasteiger partial charge < -0.3 is 14.6 Å². The molecule has 0 amide bonds. The third-order valence-electron chi connectivity index (χ3n) is 3.39. The maximum atomic E-state index is 9.74. The van der Waals surface area contributed by atoms with E-state index >= 15 is 0 Å². The lowest BCUT2D eigenvalue weighted by molar-refractivity contribution is 0.0320. The summed E-state index contributed by atoms with van der Waals surface area (Å²) in [6, 6.07) is 5.92. The van der Waals surface area contributed by atoms with E-state index in [1.54, 1.807) is 6.92 Å². The van der Waals surface area contributed by atoms with Crippen LogP contribution in [0.1, 0.15) is 24.2 Å². The van der Waals surface area contributed by atoms with E-state index in [2.05, 4.69) is 4.90 Å². The summed E-state index contributed by atoms with van der Waals surface area (Å²) in [6.07, 6.45) is -0.501. The third kappa shape index (κ3) is 4.20. The Kier molecular flexibility index (Phi) is 5.19. The van der Waals surface area contributed by atoms with Crippen molar-refractivity contribution in [2.75, 3.05) is 39.5 Å². The van der Waals surface area contributed by atoms with Crippen LogP contribution in [0, 0.1) is 6.92 Å². The van der Waals surface area contributed by atoms with Gasteiger partial charge >= 0.3 is 0 Å². The number of aliphatic hydroxyl groups is 1. The molecule has 1 fully saturated rings. The van der Waals surface area contributed by atoms with Crippen molar-refractivity contribution in [3.8, 4) is 5.75 Å². The average Bonchev–Trinajstić information content (AvgIpc) is 2.39. The summed E-state index contributed by atoms with van der Waals surface area (Å²) in [7, 11) is 0. The molecule has 1 aromatic rings. The van der Waals surface area contributed by atoms with E-state index < -0.39 is 6.10 Å². The average molecular weight is 265 g/mol.